The Morgan fingerprint density at radius 1 is 0.553 bits per heavy atom. The number of ether oxygens (including phenoxy) is 9. The Morgan fingerprint density at radius 2 is 1.07 bits per heavy atom. The molecule has 5 heterocycles. The summed E-state index contributed by atoms with van der Waals surface area (Å²) in [5.41, 5.74) is -0.782. The molecule has 25 heteroatoms. The normalized spacial score (nSPS) is 55.8. The lowest BCUT2D eigenvalue weighted by Gasteiger charge is -2.62. The lowest BCUT2D eigenvalue weighted by Crippen LogP contribution is -2.67. The molecule has 16 N–H and O–H groups in total. The second-order valence-corrected chi connectivity index (χ2v) is 24.3. The van der Waals surface area contributed by atoms with Crippen molar-refractivity contribution in [2.75, 3.05) is 33.0 Å². The molecule has 25 nitrogen and oxygen atoms in total. The molecule has 0 radical (unpaired) electrons. The van der Waals surface area contributed by atoms with Gasteiger partial charge in [0.25, 0.3) is 0 Å². The van der Waals surface area contributed by atoms with Gasteiger partial charge in [-0.15, -0.1) is 0 Å². The molecule has 4 unspecified atom stereocenters. The van der Waals surface area contributed by atoms with Gasteiger partial charge in [-0.3, -0.25) is 0 Å². The summed E-state index contributed by atoms with van der Waals surface area (Å²) in [6, 6.07) is 0. The minimum Gasteiger partial charge on any atom is -0.394 e. The van der Waals surface area contributed by atoms with Crippen LogP contribution in [0.1, 0.15) is 85.5 Å². The first kappa shape index (κ1) is 59.6. The second-order valence-electron chi connectivity index (χ2n) is 24.3. The maximum absolute atomic E-state index is 12.4. The number of hydrogen-bond acceptors (Lipinski definition) is 25. The molecule has 440 valence electrons. The van der Waals surface area contributed by atoms with Crippen LogP contribution in [0.4, 0.5) is 0 Å². The van der Waals surface area contributed by atoms with Gasteiger partial charge in [-0.2, -0.15) is 0 Å². The van der Waals surface area contributed by atoms with E-state index < -0.39 is 173 Å². The number of aliphatic hydroxyl groups excluding tert-OH is 15. The van der Waals surface area contributed by atoms with Crippen LogP contribution in [-0.2, 0) is 42.6 Å². The van der Waals surface area contributed by atoms with Gasteiger partial charge in [-0.1, -0.05) is 27.7 Å². The van der Waals surface area contributed by atoms with Gasteiger partial charge in [0.05, 0.1) is 51.3 Å². The molecule has 76 heavy (non-hydrogen) atoms. The van der Waals surface area contributed by atoms with E-state index in [4.69, 9.17) is 42.6 Å². The third kappa shape index (κ3) is 10.5. The SMILES string of the molecule is CC(CCC1(O)OC2C[C@H]3[C@@H]4CCC5C[C@@H](O[C@@H]6O[C@H](CO)[C@H](O)[C@H](O[C@@H]7O[C@H](CO)[C@@H](O)[C@H](O)[C@H]7O)[C@H]6O[C@@H]6O[C@H](CO)[C@@H](O)[C@H](O)[C@H]6O)CC[C@]5(C)[C@H]4C[C@@H](O)[C@]3(C)[C@H]2[C@@H]1C)CO[C@@H]1O[C@H](CO)[C@@H](O)[C@H](O)[C@H]1O. The van der Waals surface area contributed by atoms with Crippen molar-refractivity contribution >= 4 is 0 Å². The van der Waals surface area contributed by atoms with Crippen LogP contribution in [-0.4, -0.2) is 262 Å². The summed E-state index contributed by atoms with van der Waals surface area (Å²) >= 11 is 0. The van der Waals surface area contributed by atoms with Gasteiger partial charge in [0.1, 0.15) is 97.7 Å². The van der Waals surface area contributed by atoms with Crippen molar-refractivity contribution in [3.8, 4) is 0 Å². The summed E-state index contributed by atoms with van der Waals surface area (Å²) < 4.78 is 54.4. The molecule has 33 atom stereocenters. The minimum absolute atomic E-state index is 0.0985. The quantitative estimate of drug-likeness (QED) is 0.0644. The molecule has 0 aromatic carbocycles. The van der Waals surface area contributed by atoms with E-state index in [1.54, 1.807) is 0 Å². The highest BCUT2D eigenvalue weighted by Crippen LogP contribution is 2.71. The Labute approximate surface area is 441 Å². The van der Waals surface area contributed by atoms with Crippen molar-refractivity contribution in [3.05, 3.63) is 0 Å². The first-order valence-corrected chi connectivity index (χ1v) is 27.5. The molecule has 5 aliphatic heterocycles. The molecule has 0 bridgehead atoms. The minimum atomic E-state index is -1.93. The van der Waals surface area contributed by atoms with Crippen LogP contribution >= 0.6 is 0 Å². The highest BCUT2D eigenvalue weighted by atomic mass is 16.8. The molecule has 9 aliphatic rings. The molecule has 0 amide bonds. The number of fused-ring (bicyclic) bond motifs is 7. The van der Waals surface area contributed by atoms with Crippen LogP contribution in [0.15, 0.2) is 0 Å². The summed E-state index contributed by atoms with van der Waals surface area (Å²) in [6.45, 7) is 5.52. The third-order valence-corrected chi connectivity index (χ3v) is 20.2. The topological polar surface area (TPSA) is 407 Å². The van der Waals surface area contributed by atoms with E-state index in [-0.39, 0.29) is 66.0 Å². The summed E-state index contributed by atoms with van der Waals surface area (Å²) in [5.74, 6) is -1.45. The molecule has 0 aromatic rings. The second kappa shape index (κ2) is 23.3. The predicted molar refractivity (Wildman–Crippen MR) is 253 cm³/mol. The van der Waals surface area contributed by atoms with Gasteiger partial charge < -0.3 is 124 Å². The van der Waals surface area contributed by atoms with Crippen LogP contribution in [0.5, 0.6) is 0 Å². The Bertz CT molecular complexity index is 1910. The number of aliphatic hydroxyl groups is 16. The van der Waals surface area contributed by atoms with Gasteiger partial charge in [-0.05, 0) is 86.4 Å². The van der Waals surface area contributed by atoms with Gasteiger partial charge in [0.2, 0.25) is 0 Å². The van der Waals surface area contributed by atoms with Crippen LogP contribution in [0.2, 0.25) is 0 Å². The van der Waals surface area contributed by atoms with Crippen LogP contribution in [0, 0.1) is 52.3 Å². The molecule has 5 saturated heterocycles. The van der Waals surface area contributed by atoms with E-state index in [1.165, 1.54) is 0 Å². The summed E-state index contributed by atoms with van der Waals surface area (Å²) in [5, 5.41) is 171. The van der Waals surface area contributed by atoms with E-state index in [0.717, 1.165) is 12.8 Å². The zero-order valence-corrected chi connectivity index (χ0v) is 43.5. The molecule has 9 fully saturated rings. The summed E-state index contributed by atoms with van der Waals surface area (Å²) in [4.78, 5) is 0. The molecule has 0 aromatic heterocycles. The molecular weight excluding hydrogens is 1010 g/mol. The Morgan fingerprint density at radius 3 is 1.63 bits per heavy atom. The van der Waals surface area contributed by atoms with Crippen molar-refractivity contribution in [2.45, 2.75) is 232 Å². The first-order valence-electron chi connectivity index (χ1n) is 27.5. The lowest BCUT2D eigenvalue weighted by atomic mass is 9.43. The van der Waals surface area contributed by atoms with Crippen LogP contribution in [0.25, 0.3) is 0 Å². The van der Waals surface area contributed by atoms with Crippen molar-refractivity contribution < 1.29 is 124 Å². The number of hydrogen-bond donors (Lipinski definition) is 16. The lowest BCUT2D eigenvalue weighted by molar-refractivity contribution is -0.396. The zero-order valence-electron chi connectivity index (χ0n) is 43.5. The Balaban J connectivity index is 0.865. The predicted octanol–water partition coefficient (Wildman–Crippen LogP) is -4.98. The standard InChI is InChI=1S/C51H86O25/c1-19(18-68-45-40(64)37(61)33(57)27(14-52)70-45)7-10-51(67)20(2)32-26(76-51)12-25-23-6-5-21-11-22(8-9-49(21,3)24(23)13-31(56)50(25,32)4)69-48-44(75-47-42(66)39(63)35(59)29(16-54)72-47)43(36(60)30(17-55)73-48)74-46-41(65)38(62)34(58)28(15-53)71-46/h19-48,52-67H,5-18H2,1-4H3/t19?,20-,21?,22-,23+,24-,25-,26?,27+,28+,29+,30+,31+,32-,33+,34+,35+,36-,37-,38-,39-,40+,41+,42+,43-,44+,45+,46-,47-,48+,49-,50+,51?/m0/s1. The van der Waals surface area contributed by atoms with E-state index in [1.807, 2.05) is 13.8 Å². The van der Waals surface area contributed by atoms with Gasteiger partial charge >= 0.3 is 0 Å². The zero-order chi connectivity index (χ0) is 55.1. The van der Waals surface area contributed by atoms with Gasteiger partial charge in [0, 0.05) is 23.7 Å². The Hall–Kier alpha value is -1.00. The fourth-order valence-corrected chi connectivity index (χ4v) is 15.6. The van der Waals surface area contributed by atoms with E-state index in [9.17, 15) is 81.7 Å². The van der Waals surface area contributed by atoms with Crippen molar-refractivity contribution in [2.24, 2.45) is 52.3 Å². The van der Waals surface area contributed by atoms with E-state index >= 15 is 0 Å². The molecule has 9 rings (SSSR count). The summed E-state index contributed by atoms with van der Waals surface area (Å²) in [7, 11) is 0. The molecule has 0 spiro atoms. The van der Waals surface area contributed by atoms with E-state index in [2.05, 4.69) is 13.8 Å². The largest absolute Gasteiger partial charge is 0.394 e. The first-order chi connectivity index (χ1) is 35.9. The highest BCUT2D eigenvalue weighted by molar-refractivity contribution is 5.18. The fraction of sp³-hybridized carbons (Fsp3) is 1.00. The third-order valence-electron chi connectivity index (χ3n) is 20.2. The van der Waals surface area contributed by atoms with Crippen LogP contribution < -0.4 is 0 Å². The number of rotatable bonds is 16. The van der Waals surface area contributed by atoms with Gasteiger partial charge in [-0.25, -0.2) is 0 Å². The Kier molecular flexibility index (Phi) is 18.3. The van der Waals surface area contributed by atoms with Crippen molar-refractivity contribution in [1.82, 2.24) is 0 Å². The summed E-state index contributed by atoms with van der Waals surface area (Å²) in [6.07, 6.45) is -28.6. The smallest absolute Gasteiger partial charge is 0.187 e. The molecule has 4 saturated carbocycles. The average molecular weight is 1100 g/mol. The fourth-order valence-electron chi connectivity index (χ4n) is 15.6. The monoisotopic (exact) mass is 1100 g/mol. The van der Waals surface area contributed by atoms with E-state index in [0.29, 0.717) is 38.5 Å². The highest BCUT2D eigenvalue weighted by Gasteiger charge is 2.71. The average Bonchev–Trinajstić information content (AvgIpc) is 3.90. The molecular formula is C51H86O25. The maximum Gasteiger partial charge on any atom is 0.187 e. The van der Waals surface area contributed by atoms with Crippen molar-refractivity contribution in [3.63, 3.8) is 0 Å². The molecule has 4 aliphatic carbocycles. The van der Waals surface area contributed by atoms with Crippen molar-refractivity contribution in [1.29, 1.82) is 0 Å². The van der Waals surface area contributed by atoms with Crippen LogP contribution in [0.3, 0.4) is 0 Å². The van der Waals surface area contributed by atoms with Gasteiger partial charge in [0.15, 0.2) is 30.9 Å². The maximum atomic E-state index is 12.4.